The summed E-state index contributed by atoms with van der Waals surface area (Å²) in [5.74, 6) is 0.239. The fourth-order valence-corrected chi connectivity index (χ4v) is 2.50. The number of rotatable bonds is 0. The predicted octanol–water partition coefficient (Wildman–Crippen LogP) is -1.19. The molecule has 0 aromatic heterocycles. The van der Waals surface area contributed by atoms with Crippen LogP contribution in [0.1, 0.15) is 6.42 Å². The lowest BCUT2D eigenvalue weighted by Gasteiger charge is -2.18. The highest BCUT2D eigenvalue weighted by atomic mass is 32.2. The lowest BCUT2D eigenvalue weighted by atomic mass is 10.4. The Morgan fingerprint density at radius 3 is 2.69 bits per heavy atom. The average molecular weight is 207 g/mol. The monoisotopic (exact) mass is 207 g/mol. The van der Waals surface area contributed by atoms with Crippen molar-refractivity contribution in [2.24, 2.45) is 10.9 Å². The van der Waals surface area contributed by atoms with E-state index in [2.05, 4.69) is 5.16 Å². The van der Waals surface area contributed by atoms with Gasteiger partial charge in [0.1, 0.15) is 0 Å². The van der Waals surface area contributed by atoms with Crippen LogP contribution >= 0.6 is 0 Å². The van der Waals surface area contributed by atoms with Crippen molar-refractivity contribution in [3.05, 3.63) is 0 Å². The van der Waals surface area contributed by atoms with E-state index in [1.54, 1.807) is 4.90 Å². The van der Waals surface area contributed by atoms with Crippen LogP contribution in [0.15, 0.2) is 5.16 Å². The molecular weight excluding hydrogens is 194 g/mol. The second-order valence-electron chi connectivity index (χ2n) is 2.95. The summed E-state index contributed by atoms with van der Waals surface area (Å²) in [6, 6.07) is 0. The summed E-state index contributed by atoms with van der Waals surface area (Å²) in [7, 11) is -2.93. The smallest absolute Gasteiger partial charge is 0.233 e. The van der Waals surface area contributed by atoms with Crippen LogP contribution in [0, 0.1) is 0 Å². The molecule has 1 rings (SSSR count). The van der Waals surface area contributed by atoms with Gasteiger partial charge in [-0.1, -0.05) is 5.16 Å². The van der Waals surface area contributed by atoms with E-state index in [1.165, 1.54) is 0 Å². The van der Waals surface area contributed by atoms with Crippen LogP contribution in [0.25, 0.3) is 0 Å². The molecule has 0 aliphatic carbocycles. The van der Waals surface area contributed by atoms with Gasteiger partial charge >= 0.3 is 0 Å². The molecule has 0 aromatic carbocycles. The Balaban J connectivity index is 2.65. The fraction of sp³-hybridized carbons (Fsp3) is 0.833. The Hall–Kier alpha value is -0.980. The van der Waals surface area contributed by atoms with Crippen LogP contribution < -0.4 is 5.73 Å². The van der Waals surface area contributed by atoms with Gasteiger partial charge < -0.3 is 15.8 Å². The zero-order valence-electron chi connectivity index (χ0n) is 7.18. The van der Waals surface area contributed by atoms with Crippen LogP contribution in [-0.2, 0) is 9.84 Å². The van der Waals surface area contributed by atoms with Crippen molar-refractivity contribution < 1.29 is 13.6 Å². The van der Waals surface area contributed by atoms with E-state index in [0.717, 1.165) is 0 Å². The van der Waals surface area contributed by atoms with Crippen LogP contribution in [0.3, 0.4) is 0 Å². The van der Waals surface area contributed by atoms with Crippen molar-refractivity contribution in [1.82, 2.24) is 4.90 Å². The lowest BCUT2D eigenvalue weighted by Crippen LogP contribution is -2.39. The van der Waals surface area contributed by atoms with Gasteiger partial charge in [0, 0.05) is 13.1 Å². The van der Waals surface area contributed by atoms with Crippen molar-refractivity contribution in [2.45, 2.75) is 6.42 Å². The zero-order chi connectivity index (χ0) is 9.90. The van der Waals surface area contributed by atoms with E-state index in [4.69, 9.17) is 10.9 Å². The summed E-state index contributed by atoms with van der Waals surface area (Å²) < 4.78 is 22.3. The summed E-state index contributed by atoms with van der Waals surface area (Å²) in [6.45, 7) is 0.827. The van der Waals surface area contributed by atoms with Crippen molar-refractivity contribution in [3.63, 3.8) is 0 Å². The molecule has 0 radical (unpaired) electrons. The molecule has 1 fully saturated rings. The second kappa shape index (κ2) is 3.82. The summed E-state index contributed by atoms with van der Waals surface area (Å²) >= 11 is 0. The summed E-state index contributed by atoms with van der Waals surface area (Å²) in [6.07, 6.45) is 0.526. The van der Waals surface area contributed by atoms with E-state index in [9.17, 15) is 8.42 Å². The molecule has 0 bridgehead atoms. The molecule has 1 aliphatic heterocycles. The number of nitrogens with zero attached hydrogens (tertiary/aromatic N) is 2. The highest BCUT2D eigenvalue weighted by Crippen LogP contribution is 2.04. The molecule has 1 saturated heterocycles. The first-order valence-corrected chi connectivity index (χ1v) is 5.80. The van der Waals surface area contributed by atoms with Crippen molar-refractivity contribution in [1.29, 1.82) is 0 Å². The predicted molar refractivity (Wildman–Crippen MR) is 48.3 cm³/mol. The molecule has 13 heavy (non-hydrogen) atoms. The van der Waals surface area contributed by atoms with E-state index in [0.29, 0.717) is 19.5 Å². The first-order valence-electron chi connectivity index (χ1n) is 3.98. The topological polar surface area (TPSA) is 96.0 Å². The van der Waals surface area contributed by atoms with Gasteiger partial charge in [0.05, 0.1) is 11.5 Å². The van der Waals surface area contributed by atoms with Crippen LogP contribution in [-0.4, -0.2) is 49.1 Å². The Morgan fingerprint density at radius 2 is 2.08 bits per heavy atom. The minimum Gasteiger partial charge on any atom is -0.408 e. The number of hydrogen-bond donors (Lipinski definition) is 2. The molecule has 0 saturated carbocycles. The number of sulfone groups is 1. The van der Waals surface area contributed by atoms with E-state index in [-0.39, 0.29) is 17.5 Å². The molecule has 7 heteroatoms. The Labute approximate surface area is 76.9 Å². The SMILES string of the molecule is NC(=NO)N1CCCS(=O)(=O)CC1. The van der Waals surface area contributed by atoms with E-state index in [1.807, 2.05) is 0 Å². The molecule has 1 aliphatic rings. The summed E-state index contributed by atoms with van der Waals surface area (Å²) in [4.78, 5) is 1.56. The van der Waals surface area contributed by atoms with Gasteiger partial charge in [0.2, 0.25) is 5.96 Å². The third-order valence-electron chi connectivity index (χ3n) is 1.98. The minimum absolute atomic E-state index is 0.0166. The molecule has 76 valence electrons. The molecule has 0 amide bonds. The Kier molecular flexibility index (Phi) is 2.97. The van der Waals surface area contributed by atoms with E-state index >= 15 is 0 Å². The maximum Gasteiger partial charge on any atom is 0.233 e. The van der Waals surface area contributed by atoms with Gasteiger partial charge in [-0.25, -0.2) is 8.42 Å². The molecule has 0 unspecified atom stereocenters. The fourth-order valence-electron chi connectivity index (χ4n) is 1.23. The molecule has 0 spiro atoms. The molecule has 1 heterocycles. The third kappa shape index (κ3) is 2.76. The van der Waals surface area contributed by atoms with Crippen molar-refractivity contribution >= 4 is 15.8 Å². The standard InChI is InChI=1S/C6H13N3O3S/c7-6(8-10)9-2-1-4-13(11,12)5-3-9/h10H,1-5H2,(H2,7,8). The number of oxime groups is 1. The molecule has 0 atom stereocenters. The van der Waals surface area contributed by atoms with Crippen molar-refractivity contribution in [3.8, 4) is 0 Å². The maximum absolute atomic E-state index is 11.2. The molecule has 3 N–H and O–H groups in total. The van der Waals surface area contributed by atoms with Gasteiger partial charge in [-0.05, 0) is 6.42 Å². The molecular formula is C6H13N3O3S. The number of hydrogen-bond acceptors (Lipinski definition) is 4. The van der Waals surface area contributed by atoms with Gasteiger partial charge in [-0.2, -0.15) is 0 Å². The third-order valence-corrected chi connectivity index (χ3v) is 3.70. The van der Waals surface area contributed by atoms with E-state index < -0.39 is 9.84 Å². The highest BCUT2D eigenvalue weighted by Gasteiger charge is 2.20. The highest BCUT2D eigenvalue weighted by molar-refractivity contribution is 7.91. The lowest BCUT2D eigenvalue weighted by molar-refractivity contribution is 0.300. The maximum atomic E-state index is 11.2. The molecule has 6 nitrogen and oxygen atoms in total. The largest absolute Gasteiger partial charge is 0.408 e. The van der Waals surface area contributed by atoms with Crippen LogP contribution in [0.4, 0.5) is 0 Å². The summed E-state index contributed by atoms with van der Waals surface area (Å²) in [5.41, 5.74) is 5.34. The quantitative estimate of drug-likeness (QED) is 0.225. The number of guanidine groups is 1. The van der Waals surface area contributed by atoms with Gasteiger partial charge in [0.25, 0.3) is 0 Å². The van der Waals surface area contributed by atoms with Gasteiger partial charge in [0.15, 0.2) is 9.84 Å². The zero-order valence-corrected chi connectivity index (χ0v) is 8.00. The summed E-state index contributed by atoms with van der Waals surface area (Å²) in [5, 5.41) is 11.2. The van der Waals surface area contributed by atoms with Crippen LogP contribution in [0.5, 0.6) is 0 Å². The molecule has 0 aromatic rings. The van der Waals surface area contributed by atoms with Crippen molar-refractivity contribution in [2.75, 3.05) is 24.6 Å². The van der Waals surface area contributed by atoms with Gasteiger partial charge in [-0.15, -0.1) is 0 Å². The number of nitrogens with two attached hydrogens (primary N) is 1. The Bertz CT molecular complexity index is 298. The normalized spacial score (nSPS) is 24.0. The Morgan fingerprint density at radius 1 is 1.38 bits per heavy atom. The van der Waals surface area contributed by atoms with Gasteiger partial charge in [-0.3, -0.25) is 0 Å². The second-order valence-corrected chi connectivity index (χ2v) is 5.25. The minimum atomic E-state index is -2.93. The van der Waals surface area contributed by atoms with Crippen LogP contribution in [0.2, 0.25) is 0 Å². The first-order chi connectivity index (χ1) is 6.05. The average Bonchev–Trinajstić information content (AvgIpc) is 2.25. The first kappa shape index (κ1) is 10.1.